The molecule has 1 heterocycles. The smallest absolute Gasteiger partial charge is 0.242 e. The van der Waals surface area contributed by atoms with Crippen LogP contribution in [0.4, 0.5) is 11.5 Å². The Morgan fingerprint density at radius 3 is 3.06 bits per heavy atom. The van der Waals surface area contributed by atoms with Crippen molar-refractivity contribution in [1.82, 2.24) is 9.97 Å². The number of nitrogens with zero attached hydrogens (tertiary/aromatic N) is 2. The third-order valence-electron chi connectivity index (χ3n) is 2.90. The zero-order chi connectivity index (χ0) is 12.8. The largest absolute Gasteiger partial charge is 0.476 e. The van der Waals surface area contributed by atoms with Gasteiger partial charge in [0, 0.05) is 6.04 Å². The number of allylic oxidation sites excluding steroid dienone is 1. The van der Waals surface area contributed by atoms with Crippen LogP contribution >= 0.6 is 0 Å². The molecular weight excluding hydrogens is 228 g/mol. The molecule has 0 spiro atoms. The van der Waals surface area contributed by atoms with E-state index in [0.717, 1.165) is 25.7 Å². The number of hydrogen-bond donors (Lipinski definition) is 2. The summed E-state index contributed by atoms with van der Waals surface area (Å²) in [5.74, 6) is 1.15. The van der Waals surface area contributed by atoms with Crippen LogP contribution in [0.1, 0.15) is 32.6 Å². The summed E-state index contributed by atoms with van der Waals surface area (Å²) in [6.45, 7) is 2.66. The fourth-order valence-corrected chi connectivity index (χ4v) is 1.93. The van der Waals surface area contributed by atoms with Gasteiger partial charge in [0.2, 0.25) is 5.88 Å². The van der Waals surface area contributed by atoms with Crippen LogP contribution in [0.15, 0.2) is 18.5 Å². The van der Waals surface area contributed by atoms with Crippen LogP contribution in [0.25, 0.3) is 0 Å². The van der Waals surface area contributed by atoms with Gasteiger partial charge in [-0.15, -0.1) is 0 Å². The van der Waals surface area contributed by atoms with Gasteiger partial charge in [0.15, 0.2) is 5.82 Å². The summed E-state index contributed by atoms with van der Waals surface area (Å²) in [6.07, 6.45) is 10.0. The summed E-state index contributed by atoms with van der Waals surface area (Å²) in [6, 6.07) is 0.395. The van der Waals surface area contributed by atoms with Gasteiger partial charge >= 0.3 is 0 Å². The maximum atomic E-state index is 6.01. The first-order valence-corrected chi connectivity index (χ1v) is 6.46. The predicted octanol–water partition coefficient (Wildman–Crippen LogP) is 2.37. The molecule has 2 rings (SSSR count). The Morgan fingerprint density at radius 1 is 1.44 bits per heavy atom. The Balaban J connectivity index is 2.05. The molecule has 1 aromatic rings. The van der Waals surface area contributed by atoms with Crippen LogP contribution < -0.4 is 15.8 Å². The highest BCUT2D eigenvalue weighted by atomic mass is 16.5. The number of aromatic nitrogens is 2. The lowest BCUT2D eigenvalue weighted by molar-refractivity contribution is 0.306. The Kier molecular flexibility index (Phi) is 4.39. The normalized spacial score (nSPS) is 18.6. The van der Waals surface area contributed by atoms with Crippen molar-refractivity contribution in [2.24, 2.45) is 0 Å². The minimum Gasteiger partial charge on any atom is -0.476 e. The molecule has 3 N–H and O–H groups in total. The first-order valence-electron chi connectivity index (χ1n) is 6.46. The summed E-state index contributed by atoms with van der Waals surface area (Å²) in [5, 5.41) is 3.36. The van der Waals surface area contributed by atoms with Crippen molar-refractivity contribution in [1.29, 1.82) is 0 Å². The lowest BCUT2D eigenvalue weighted by Gasteiger charge is -2.21. The molecule has 0 saturated carbocycles. The van der Waals surface area contributed by atoms with Crippen molar-refractivity contribution in [2.75, 3.05) is 17.7 Å². The quantitative estimate of drug-likeness (QED) is 0.783. The van der Waals surface area contributed by atoms with Crippen LogP contribution in [-0.4, -0.2) is 22.6 Å². The second-order valence-electron chi connectivity index (χ2n) is 4.42. The fourth-order valence-electron chi connectivity index (χ4n) is 1.93. The highest BCUT2D eigenvalue weighted by Crippen LogP contribution is 2.26. The SMILES string of the molecule is CCCOc1ncnc(NC2CC=CCC2)c1N. The molecule has 0 saturated heterocycles. The minimum absolute atomic E-state index is 0.395. The summed E-state index contributed by atoms with van der Waals surface area (Å²) in [7, 11) is 0. The van der Waals surface area contributed by atoms with E-state index in [1.54, 1.807) is 0 Å². The van der Waals surface area contributed by atoms with Gasteiger partial charge in [-0.3, -0.25) is 0 Å². The van der Waals surface area contributed by atoms with Gasteiger partial charge in [-0.25, -0.2) is 4.98 Å². The fraction of sp³-hybridized carbons (Fsp3) is 0.538. The van der Waals surface area contributed by atoms with E-state index < -0.39 is 0 Å². The maximum Gasteiger partial charge on any atom is 0.242 e. The van der Waals surface area contributed by atoms with Gasteiger partial charge in [-0.1, -0.05) is 19.1 Å². The van der Waals surface area contributed by atoms with Gasteiger partial charge < -0.3 is 15.8 Å². The van der Waals surface area contributed by atoms with Gasteiger partial charge in [0.05, 0.1) is 6.61 Å². The van der Waals surface area contributed by atoms with E-state index in [1.807, 2.05) is 6.92 Å². The summed E-state index contributed by atoms with van der Waals surface area (Å²) >= 11 is 0. The maximum absolute atomic E-state index is 6.01. The number of hydrogen-bond acceptors (Lipinski definition) is 5. The van der Waals surface area contributed by atoms with Crippen LogP contribution in [-0.2, 0) is 0 Å². The average molecular weight is 248 g/mol. The molecule has 1 atom stereocenters. The number of nitrogens with two attached hydrogens (primary N) is 1. The number of rotatable bonds is 5. The molecule has 5 nitrogen and oxygen atoms in total. The Labute approximate surface area is 107 Å². The van der Waals surface area contributed by atoms with Crippen LogP contribution in [0.5, 0.6) is 5.88 Å². The molecule has 98 valence electrons. The lowest BCUT2D eigenvalue weighted by Crippen LogP contribution is -2.22. The van der Waals surface area contributed by atoms with Crippen molar-refractivity contribution in [3.05, 3.63) is 18.5 Å². The van der Waals surface area contributed by atoms with Crippen molar-refractivity contribution in [2.45, 2.75) is 38.6 Å². The first-order chi connectivity index (χ1) is 8.81. The first kappa shape index (κ1) is 12.7. The van der Waals surface area contributed by atoms with E-state index >= 15 is 0 Å². The molecule has 0 aromatic carbocycles. The third kappa shape index (κ3) is 3.12. The van der Waals surface area contributed by atoms with Crippen LogP contribution in [0, 0.1) is 0 Å². The van der Waals surface area contributed by atoms with Gasteiger partial charge in [0.25, 0.3) is 0 Å². The molecule has 18 heavy (non-hydrogen) atoms. The lowest BCUT2D eigenvalue weighted by atomic mass is 10.0. The summed E-state index contributed by atoms with van der Waals surface area (Å²) < 4.78 is 5.49. The predicted molar refractivity (Wildman–Crippen MR) is 72.6 cm³/mol. The number of ether oxygens (including phenoxy) is 1. The Hall–Kier alpha value is -1.78. The van der Waals surface area contributed by atoms with Crippen LogP contribution in [0.2, 0.25) is 0 Å². The molecule has 1 aliphatic rings. The Bertz CT molecular complexity index is 419. The number of nitrogens with one attached hydrogen (secondary N) is 1. The van der Waals surface area contributed by atoms with E-state index in [2.05, 4.69) is 27.4 Å². The van der Waals surface area contributed by atoms with Crippen molar-refractivity contribution < 1.29 is 4.74 Å². The molecule has 0 fully saturated rings. The van der Waals surface area contributed by atoms with Crippen LogP contribution in [0.3, 0.4) is 0 Å². The van der Waals surface area contributed by atoms with E-state index in [-0.39, 0.29) is 0 Å². The number of anilines is 2. The highest BCUT2D eigenvalue weighted by molar-refractivity contribution is 5.66. The van der Waals surface area contributed by atoms with Gasteiger partial charge in [-0.2, -0.15) is 4.98 Å². The van der Waals surface area contributed by atoms with E-state index in [0.29, 0.717) is 30.0 Å². The van der Waals surface area contributed by atoms with Crippen molar-refractivity contribution in [3.8, 4) is 5.88 Å². The zero-order valence-electron chi connectivity index (χ0n) is 10.7. The topological polar surface area (TPSA) is 73.1 Å². The Morgan fingerprint density at radius 2 is 2.33 bits per heavy atom. The van der Waals surface area contributed by atoms with E-state index in [1.165, 1.54) is 6.33 Å². The average Bonchev–Trinajstić information content (AvgIpc) is 2.41. The zero-order valence-corrected chi connectivity index (χ0v) is 10.7. The molecule has 0 amide bonds. The molecule has 0 radical (unpaired) electrons. The van der Waals surface area contributed by atoms with E-state index in [4.69, 9.17) is 10.5 Å². The molecule has 1 aliphatic carbocycles. The summed E-state index contributed by atoms with van der Waals surface area (Å²) in [4.78, 5) is 8.25. The second-order valence-corrected chi connectivity index (χ2v) is 4.42. The molecule has 5 heteroatoms. The van der Waals surface area contributed by atoms with Gasteiger partial charge in [0.1, 0.15) is 12.0 Å². The third-order valence-corrected chi connectivity index (χ3v) is 2.90. The van der Waals surface area contributed by atoms with Crippen molar-refractivity contribution in [3.63, 3.8) is 0 Å². The summed E-state index contributed by atoms with van der Waals surface area (Å²) in [5.41, 5.74) is 6.51. The molecule has 1 unspecified atom stereocenters. The van der Waals surface area contributed by atoms with E-state index in [9.17, 15) is 0 Å². The van der Waals surface area contributed by atoms with Crippen molar-refractivity contribution >= 4 is 11.5 Å². The minimum atomic E-state index is 0.395. The standard InChI is InChI=1S/C13H20N4O/c1-2-8-18-13-11(14)12(15-9-16-13)17-10-6-4-3-5-7-10/h3-4,9-10H,2,5-8,14H2,1H3,(H,15,16,17). The molecule has 0 bridgehead atoms. The monoisotopic (exact) mass is 248 g/mol. The second kappa shape index (κ2) is 6.23. The molecule has 0 aliphatic heterocycles. The molecular formula is C13H20N4O. The van der Waals surface area contributed by atoms with Gasteiger partial charge in [-0.05, 0) is 25.7 Å². The highest BCUT2D eigenvalue weighted by Gasteiger charge is 2.14. The molecule has 1 aromatic heterocycles. The number of nitrogen functional groups attached to an aromatic ring is 1.